The van der Waals surface area contributed by atoms with E-state index in [2.05, 4.69) is 34.7 Å². The quantitative estimate of drug-likeness (QED) is 0.290. The summed E-state index contributed by atoms with van der Waals surface area (Å²) in [5.74, 6) is -0.916. The molecule has 0 aromatic heterocycles. The molecule has 2 aliphatic heterocycles. The fourth-order valence-corrected chi connectivity index (χ4v) is 5.39. The van der Waals surface area contributed by atoms with Crippen molar-refractivity contribution in [2.75, 3.05) is 38.3 Å². The SMILES string of the molecule is CCN(CC)c1ccc(C2/C(=C(/O)c3ccc(OC)c(Br)c3)C(=O)C(=O)N2CC2CCCO2)cc1. The van der Waals surface area contributed by atoms with Gasteiger partial charge in [-0.15, -0.1) is 0 Å². The minimum absolute atomic E-state index is 0.0839. The lowest BCUT2D eigenvalue weighted by molar-refractivity contribution is -0.140. The molecule has 2 fully saturated rings. The number of hydrogen-bond donors (Lipinski definition) is 1. The fourth-order valence-electron chi connectivity index (χ4n) is 4.85. The van der Waals surface area contributed by atoms with Gasteiger partial charge in [0.25, 0.3) is 11.7 Å². The lowest BCUT2D eigenvalue weighted by Crippen LogP contribution is -2.36. The Kier molecular flexibility index (Phi) is 7.82. The van der Waals surface area contributed by atoms with Gasteiger partial charge in [0.1, 0.15) is 11.5 Å². The number of carbonyl (C=O) groups excluding carboxylic acids is 2. The number of aliphatic hydroxyl groups is 1. The Labute approximate surface area is 214 Å². The first-order valence-electron chi connectivity index (χ1n) is 12.0. The van der Waals surface area contributed by atoms with Crippen LogP contribution in [-0.2, 0) is 14.3 Å². The molecule has 2 atom stereocenters. The molecule has 35 heavy (non-hydrogen) atoms. The third-order valence-electron chi connectivity index (χ3n) is 6.73. The van der Waals surface area contributed by atoms with Gasteiger partial charge in [0.15, 0.2) is 0 Å². The topological polar surface area (TPSA) is 79.3 Å². The summed E-state index contributed by atoms with van der Waals surface area (Å²) in [7, 11) is 1.55. The van der Waals surface area contributed by atoms with Gasteiger partial charge in [0.2, 0.25) is 0 Å². The Bertz CT molecular complexity index is 1120. The molecule has 2 unspecified atom stereocenters. The molecule has 2 heterocycles. The summed E-state index contributed by atoms with van der Waals surface area (Å²) < 4.78 is 11.7. The van der Waals surface area contributed by atoms with E-state index in [4.69, 9.17) is 9.47 Å². The summed E-state index contributed by atoms with van der Waals surface area (Å²) in [4.78, 5) is 30.2. The largest absolute Gasteiger partial charge is 0.507 e. The molecule has 2 aliphatic rings. The number of nitrogens with zero attached hydrogens (tertiary/aromatic N) is 2. The highest BCUT2D eigenvalue weighted by Gasteiger charge is 2.47. The van der Waals surface area contributed by atoms with Gasteiger partial charge in [0.05, 0.1) is 29.3 Å². The van der Waals surface area contributed by atoms with Crippen molar-refractivity contribution in [3.05, 3.63) is 63.6 Å². The van der Waals surface area contributed by atoms with Crippen molar-refractivity contribution in [3.8, 4) is 5.75 Å². The third kappa shape index (κ3) is 4.95. The Morgan fingerprint density at radius 3 is 2.46 bits per heavy atom. The zero-order valence-corrected chi connectivity index (χ0v) is 21.9. The van der Waals surface area contributed by atoms with Crippen LogP contribution in [0.5, 0.6) is 5.75 Å². The predicted molar refractivity (Wildman–Crippen MR) is 139 cm³/mol. The van der Waals surface area contributed by atoms with Gasteiger partial charge < -0.3 is 24.4 Å². The van der Waals surface area contributed by atoms with Gasteiger partial charge in [-0.3, -0.25) is 9.59 Å². The van der Waals surface area contributed by atoms with Crippen LogP contribution in [-0.4, -0.2) is 61.2 Å². The first kappa shape index (κ1) is 25.3. The minimum Gasteiger partial charge on any atom is -0.507 e. The maximum Gasteiger partial charge on any atom is 0.295 e. The zero-order valence-electron chi connectivity index (χ0n) is 20.3. The van der Waals surface area contributed by atoms with Crippen LogP contribution in [0.15, 0.2) is 52.5 Å². The normalized spacial score (nSPS) is 21.5. The van der Waals surface area contributed by atoms with E-state index in [9.17, 15) is 14.7 Å². The highest BCUT2D eigenvalue weighted by atomic mass is 79.9. The number of methoxy groups -OCH3 is 1. The number of Topliss-reactive ketones (excluding diaryl/α,β-unsaturated/α-hetero) is 1. The summed E-state index contributed by atoms with van der Waals surface area (Å²) in [6.07, 6.45) is 1.64. The Balaban J connectivity index is 1.80. The highest BCUT2D eigenvalue weighted by Crippen LogP contribution is 2.41. The van der Waals surface area contributed by atoms with E-state index < -0.39 is 17.7 Å². The summed E-state index contributed by atoms with van der Waals surface area (Å²) in [5.41, 5.74) is 2.35. The Morgan fingerprint density at radius 2 is 1.89 bits per heavy atom. The molecule has 1 amide bonds. The number of rotatable bonds is 8. The van der Waals surface area contributed by atoms with Crippen LogP contribution >= 0.6 is 15.9 Å². The van der Waals surface area contributed by atoms with Gasteiger partial charge >= 0.3 is 0 Å². The molecular weight excluding hydrogens is 512 g/mol. The van der Waals surface area contributed by atoms with Gasteiger partial charge in [-0.25, -0.2) is 0 Å². The van der Waals surface area contributed by atoms with Crippen molar-refractivity contribution in [1.82, 2.24) is 4.90 Å². The Morgan fingerprint density at radius 1 is 1.17 bits per heavy atom. The van der Waals surface area contributed by atoms with E-state index in [-0.39, 0.29) is 17.4 Å². The van der Waals surface area contributed by atoms with Crippen LogP contribution in [0.3, 0.4) is 0 Å². The third-order valence-corrected chi connectivity index (χ3v) is 7.35. The molecule has 0 saturated carbocycles. The van der Waals surface area contributed by atoms with Gasteiger partial charge in [-0.1, -0.05) is 12.1 Å². The van der Waals surface area contributed by atoms with Crippen LogP contribution < -0.4 is 9.64 Å². The van der Waals surface area contributed by atoms with Crippen molar-refractivity contribution in [2.45, 2.75) is 38.8 Å². The van der Waals surface area contributed by atoms with Crippen LogP contribution in [0.2, 0.25) is 0 Å². The lowest BCUT2D eigenvalue weighted by Gasteiger charge is -2.28. The maximum absolute atomic E-state index is 13.3. The zero-order chi connectivity index (χ0) is 25.1. The monoisotopic (exact) mass is 542 g/mol. The van der Waals surface area contributed by atoms with Crippen LogP contribution in [0, 0.1) is 0 Å². The van der Waals surface area contributed by atoms with Gasteiger partial charge in [0, 0.05) is 37.5 Å². The van der Waals surface area contributed by atoms with Gasteiger partial charge in [-0.2, -0.15) is 0 Å². The summed E-state index contributed by atoms with van der Waals surface area (Å²) in [5, 5.41) is 11.3. The highest BCUT2D eigenvalue weighted by molar-refractivity contribution is 9.10. The fraction of sp³-hybridized carbons (Fsp3) is 0.407. The number of benzene rings is 2. The second-order valence-corrected chi connectivity index (χ2v) is 9.55. The average Bonchev–Trinajstić information content (AvgIpc) is 3.47. The van der Waals surface area contributed by atoms with E-state index in [1.807, 2.05) is 24.3 Å². The van der Waals surface area contributed by atoms with E-state index >= 15 is 0 Å². The molecule has 0 spiro atoms. The van der Waals surface area contributed by atoms with Gasteiger partial charge in [-0.05, 0) is 78.5 Å². The number of amides is 1. The molecule has 2 aromatic rings. The van der Waals surface area contributed by atoms with Crippen molar-refractivity contribution in [2.24, 2.45) is 0 Å². The maximum atomic E-state index is 13.3. The lowest BCUT2D eigenvalue weighted by atomic mass is 9.95. The first-order valence-corrected chi connectivity index (χ1v) is 12.8. The number of aliphatic hydroxyl groups excluding tert-OH is 1. The molecule has 0 aliphatic carbocycles. The number of carbonyl (C=O) groups is 2. The number of ether oxygens (including phenoxy) is 2. The predicted octanol–water partition coefficient (Wildman–Crippen LogP) is 4.90. The van der Waals surface area contributed by atoms with Crippen LogP contribution in [0.1, 0.15) is 43.9 Å². The van der Waals surface area contributed by atoms with E-state index in [0.29, 0.717) is 28.9 Å². The molecule has 186 valence electrons. The summed E-state index contributed by atoms with van der Waals surface area (Å²) in [6.45, 7) is 6.90. The number of anilines is 1. The summed E-state index contributed by atoms with van der Waals surface area (Å²) >= 11 is 3.43. The van der Waals surface area contributed by atoms with E-state index in [1.54, 1.807) is 30.2 Å². The van der Waals surface area contributed by atoms with E-state index in [0.717, 1.165) is 37.2 Å². The Hall–Kier alpha value is -2.84. The second-order valence-electron chi connectivity index (χ2n) is 8.70. The average molecular weight is 543 g/mol. The molecule has 4 rings (SSSR count). The molecule has 0 radical (unpaired) electrons. The molecule has 1 N–H and O–H groups in total. The number of likely N-dealkylation sites (tertiary alicyclic amines) is 1. The summed E-state index contributed by atoms with van der Waals surface area (Å²) in [6, 6.07) is 12.2. The van der Waals surface area contributed by atoms with E-state index in [1.165, 1.54) is 0 Å². The minimum atomic E-state index is -0.703. The number of halogens is 1. The van der Waals surface area contributed by atoms with Crippen molar-refractivity contribution < 1.29 is 24.2 Å². The number of hydrogen-bond acceptors (Lipinski definition) is 6. The van der Waals surface area contributed by atoms with Crippen molar-refractivity contribution in [1.29, 1.82) is 0 Å². The standard InChI is InChI=1S/C27H31BrN2O5/c1-4-29(5-2)19-11-8-17(9-12-19)24-23(25(31)18-10-13-22(34-3)21(28)15-18)26(32)27(33)30(24)16-20-7-6-14-35-20/h8-13,15,20,24,31H,4-7,14,16H2,1-3H3/b25-23-. The first-order chi connectivity index (χ1) is 16.9. The molecule has 2 saturated heterocycles. The molecule has 8 heteroatoms. The van der Waals surface area contributed by atoms with Crippen LogP contribution in [0.25, 0.3) is 5.76 Å². The second kappa shape index (κ2) is 10.8. The molecule has 0 bridgehead atoms. The van der Waals surface area contributed by atoms with Crippen LogP contribution in [0.4, 0.5) is 5.69 Å². The number of ketones is 1. The smallest absolute Gasteiger partial charge is 0.295 e. The molecular formula is C27H31BrN2O5. The van der Waals surface area contributed by atoms with Crippen molar-refractivity contribution >= 4 is 39.1 Å². The molecule has 2 aromatic carbocycles. The molecule has 7 nitrogen and oxygen atoms in total. The van der Waals surface area contributed by atoms with Crippen molar-refractivity contribution in [3.63, 3.8) is 0 Å².